The summed E-state index contributed by atoms with van der Waals surface area (Å²) in [6.45, 7) is 2.14. The molecule has 1 aliphatic rings. The third-order valence-electron chi connectivity index (χ3n) is 3.28. The number of nitrogen functional groups attached to an aromatic ring is 1. The average molecular weight is 256 g/mol. The molecule has 3 rings (SSSR count). The van der Waals surface area contributed by atoms with Crippen molar-refractivity contribution in [3.8, 4) is 11.4 Å². The van der Waals surface area contributed by atoms with Crippen molar-refractivity contribution < 1.29 is 0 Å². The maximum atomic E-state index is 5.75. The van der Waals surface area contributed by atoms with E-state index in [1.807, 2.05) is 12.1 Å². The fraction of sp³-hybridized carbons (Fsp3) is 0.385. The van der Waals surface area contributed by atoms with Crippen LogP contribution in [-0.2, 0) is 0 Å². The first-order chi connectivity index (χ1) is 9.22. The van der Waals surface area contributed by atoms with Crippen LogP contribution in [0.25, 0.3) is 11.4 Å². The van der Waals surface area contributed by atoms with Crippen LogP contribution in [-0.4, -0.2) is 26.0 Å². The molecule has 0 aliphatic heterocycles. The number of pyridine rings is 1. The van der Waals surface area contributed by atoms with E-state index < -0.39 is 0 Å². The lowest BCUT2D eigenvalue weighted by Gasteiger charge is -2.13. The highest BCUT2D eigenvalue weighted by Crippen LogP contribution is 2.33. The van der Waals surface area contributed by atoms with E-state index >= 15 is 0 Å². The van der Waals surface area contributed by atoms with Gasteiger partial charge in [0, 0.05) is 24.0 Å². The van der Waals surface area contributed by atoms with Crippen LogP contribution in [0, 0.1) is 5.92 Å². The molecule has 0 bridgehead atoms. The number of hydrogen-bond donors (Lipinski definition) is 2. The highest BCUT2D eigenvalue weighted by atomic mass is 15.2. The molecule has 2 aromatic rings. The number of hydrogen-bond acceptors (Lipinski definition) is 6. The SMILES string of the molecule is CC(Nc1nc(N)nc(-c2ccncc2)n1)C1CC1. The van der Waals surface area contributed by atoms with Crippen molar-refractivity contribution in [2.24, 2.45) is 5.92 Å². The van der Waals surface area contributed by atoms with Gasteiger partial charge in [-0.3, -0.25) is 4.98 Å². The van der Waals surface area contributed by atoms with Crippen molar-refractivity contribution in [3.05, 3.63) is 24.5 Å². The Hall–Kier alpha value is -2.24. The van der Waals surface area contributed by atoms with Gasteiger partial charge in [-0.2, -0.15) is 15.0 Å². The van der Waals surface area contributed by atoms with Gasteiger partial charge in [0.15, 0.2) is 5.82 Å². The molecule has 1 fully saturated rings. The van der Waals surface area contributed by atoms with E-state index in [0.717, 1.165) is 11.5 Å². The summed E-state index contributed by atoms with van der Waals surface area (Å²) in [6, 6.07) is 4.07. The Morgan fingerprint density at radius 1 is 1.21 bits per heavy atom. The average Bonchev–Trinajstić information content (AvgIpc) is 3.23. The lowest BCUT2D eigenvalue weighted by molar-refractivity contribution is 0.686. The van der Waals surface area contributed by atoms with Crippen LogP contribution in [0.3, 0.4) is 0 Å². The van der Waals surface area contributed by atoms with Crippen molar-refractivity contribution >= 4 is 11.9 Å². The Balaban J connectivity index is 1.87. The summed E-state index contributed by atoms with van der Waals surface area (Å²) in [6.07, 6.45) is 5.95. The van der Waals surface area contributed by atoms with Crippen molar-refractivity contribution in [2.45, 2.75) is 25.8 Å². The molecule has 1 aliphatic carbocycles. The standard InChI is InChI=1S/C13H16N6/c1-8(9-2-3-9)16-13-18-11(17-12(14)19-13)10-4-6-15-7-5-10/h4-9H,2-3H2,1H3,(H3,14,16,17,18,19). The third-order valence-corrected chi connectivity index (χ3v) is 3.28. The fourth-order valence-corrected chi connectivity index (χ4v) is 2.00. The molecule has 1 atom stereocenters. The molecule has 0 spiro atoms. The molecule has 1 unspecified atom stereocenters. The van der Waals surface area contributed by atoms with Crippen LogP contribution in [0.1, 0.15) is 19.8 Å². The predicted octanol–water partition coefficient (Wildman–Crippen LogP) is 1.73. The molecule has 19 heavy (non-hydrogen) atoms. The molecule has 98 valence electrons. The number of nitrogens with zero attached hydrogens (tertiary/aromatic N) is 4. The van der Waals surface area contributed by atoms with Gasteiger partial charge >= 0.3 is 0 Å². The Labute approximate surface area is 111 Å². The van der Waals surface area contributed by atoms with E-state index in [9.17, 15) is 0 Å². The van der Waals surface area contributed by atoms with Gasteiger partial charge in [-0.15, -0.1) is 0 Å². The zero-order valence-electron chi connectivity index (χ0n) is 10.7. The first-order valence-electron chi connectivity index (χ1n) is 6.41. The zero-order valence-corrected chi connectivity index (χ0v) is 10.7. The predicted molar refractivity (Wildman–Crippen MR) is 73.3 cm³/mol. The molecule has 0 amide bonds. The molecule has 0 saturated heterocycles. The highest BCUT2D eigenvalue weighted by molar-refractivity contribution is 5.56. The maximum Gasteiger partial charge on any atom is 0.228 e. The van der Waals surface area contributed by atoms with Gasteiger partial charge in [0.25, 0.3) is 0 Å². The van der Waals surface area contributed by atoms with Gasteiger partial charge in [-0.25, -0.2) is 0 Å². The minimum Gasteiger partial charge on any atom is -0.368 e. The summed E-state index contributed by atoms with van der Waals surface area (Å²) >= 11 is 0. The Kier molecular flexibility index (Phi) is 2.98. The van der Waals surface area contributed by atoms with Crippen LogP contribution in [0.2, 0.25) is 0 Å². The Bertz CT molecular complexity index is 567. The molecule has 1 saturated carbocycles. The van der Waals surface area contributed by atoms with Gasteiger partial charge < -0.3 is 11.1 Å². The molecule has 0 aromatic carbocycles. The van der Waals surface area contributed by atoms with E-state index in [1.165, 1.54) is 12.8 Å². The second-order valence-corrected chi connectivity index (χ2v) is 4.85. The lowest BCUT2D eigenvalue weighted by atomic mass is 10.2. The van der Waals surface area contributed by atoms with Gasteiger partial charge in [0.05, 0.1) is 0 Å². The van der Waals surface area contributed by atoms with Gasteiger partial charge in [-0.1, -0.05) is 0 Å². The van der Waals surface area contributed by atoms with Crippen molar-refractivity contribution in [1.29, 1.82) is 0 Å². The zero-order chi connectivity index (χ0) is 13.2. The minimum atomic E-state index is 0.229. The molecule has 2 aromatic heterocycles. The quantitative estimate of drug-likeness (QED) is 0.865. The number of nitrogens with one attached hydrogen (secondary N) is 1. The van der Waals surface area contributed by atoms with Crippen LogP contribution < -0.4 is 11.1 Å². The van der Waals surface area contributed by atoms with E-state index in [2.05, 4.69) is 32.2 Å². The first-order valence-corrected chi connectivity index (χ1v) is 6.41. The van der Waals surface area contributed by atoms with Crippen LogP contribution in [0.5, 0.6) is 0 Å². The number of anilines is 2. The lowest BCUT2D eigenvalue weighted by Crippen LogP contribution is -2.20. The van der Waals surface area contributed by atoms with Crippen LogP contribution >= 0.6 is 0 Å². The van der Waals surface area contributed by atoms with E-state index in [0.29, 0.717) is 17.8 Å². The summed E-state index contributed by atoms with van der Waals surface area (Å²) < 4.78 is 0. The van der Waals surface area contributed by atoms with E-state index in [4.69, 9.17) is 5.73 Å². The topological polar surface area (TPSA) is 89.6 Å². The third kappa shape index (κ3) is 2.78. The molecule has 0 radical (unpaired) electrons. The summed E-state index contributed by atoms with van der Waals surface area (Å²) in [7, 11) is 0. The van der Waals surface area contributed by atoms with Crippen molar-refractivity contribution in [2.75, 3.05) is 11.1 Å². The Morgan fingerprint density at radius 2 is 1.95 bits per heavy atom. The van der Waals surface area contributed by atoms with Crippen molar-refractivity contribution in [1.82, 2.24) is 19.9 Å². The van der Waals surface area contributed by atoms with E-state index in [1.54, 1.807) is 12.4 Å². The molecular weight excluding hydrogens is 240 g/mol. The van der Waals surface area contributed by atoms with Crippen LogP contribution in [0.15, 0.2) is 24.5 Å². The fourth-order valence-electron chi connectivity index (χ4n) is 2.00. The van der Waals surface area contributed by atoms with Gasteiger partial charge in [0.1, 0.15) is 0 Å². The van der Waals surface area contributed by atoms with E-state index in [-0.39, 0.29) is 5.95 Å². The maximum absolute atomic E-state index is 5.75. The highest BCUT2D eigenvalue weighted by Gasteiger charge is 2.28. The van der Waals surface area contributed by atoms with Gasteiger partial charge in [0.2, 0.25) is 11.9 Å². The van der Waals surface area contributed by atoms with Gasteiger partial charge in [-0.05, 0) is 37.8 Å². The van der Waals surface area contributed by atoms with Crippen molar-refractivity contribution in [3.63, 3.8) is 0 Å². The summed E-state index contributed by atoms with van der Waals surface area (Å²) in [5.41, 5.74) is 6.63. The molecule has 6 nitrogen and oxygen atoms in total. The second-order valence-electron chi connectivity index (χ2n) is 4.85. The molecule has 2 heterocycles. The largest absolute Gasteiger partial charge is 0.368 e. The molecule has 6 heteroatoms. The first kappa shape index (κ1) is 11.8. The summed E-state index contributed by atoms with van der Waals surface area (Å²) in [5, 5.41) is 3.30. The Morgan fingerprint density at radius 3 is 2.63 bits per heavy atom. The number of nitrogens with two attached hydrogens (primary N) is 1. The molecule has 3 N–H and O–H groups in total. The monoisotopic (exact) mass is 256 g/mol. The second kappa shape index (κ2) is 4.79. The molecular formula is C13H16N6. The number of aromatic nitrogens is 4. The smallest absolute Gasteiger partial charge is 0.228 e. The summed E-state index contributed by atoms with van der Waals surface area (Å²) in [4.78, 5) is 16.7. The summed E-state index contributed by atoms with van der Waals surface area (Å²) in [5.74, 6) is 2.06. The van der Waals surface area contributed by atoms with Crippen LogP contribution in [0.4, 0.5) is 11.9 Å². The number of rotatable bonds is 4. The minimum absolute atomic E-state index is 0.229. The normalized spacial score (nSPS) is 16.1.